The minimum Gasteiger partial charge on any atom is -0.321 e. The first kappa shape index (κ1) is 25.3. The predicted octanol–water partition coefficient (Wildman–Crippen LogP) is 5.58. The van der Waals surface area contributed by atoms with E-state index in [0.29, 0.717) is 25.2 Å². The van der Waals surface area contributed by atoms with E-state index in [1.54, 1.807) is 11.3 Å². The van der Waals surface area contributed by atoms with Crippen LogP contribution in [0.3, 0.4) is 0 Å². The number of thiophene rings is 1. The molecule has 0 saturated carbocycles. The van der Waals surface area contributed by atoms with Gasteiger partial charge in [0.05, 0.1) is 11.1 Å². The predicted molar refractivity (Wildman–Crippen MR) is 120 cm³/mol. The van der Waals surface area contributed by atoms with E-state index in [1.807, 2.05) is 5.38 Å². The Morgan fingerprint density at radius 2 is 1.56 bits per heavy atom. The van der Waals surface area contributed by atoms with E-state index in [0.717, 1.165) is 37.2 Å². The standard InChI is InChI=1S/C21H21BrF6N4OS/c22-15-8-18(34-12-15)11-30-1-3-31(4-2-30)17-9-32(10-17)19(33)29-16-6-13(20(23,24)25)5-14(7-16)21(26,27)28/h5-8,12,17H,1-4,9-11H2,(H,29,33). The molecule has 0 bridgehead atoms. The number of carbonyl (C=O) groups excluding carboxylic acids is 1. The molecule has 4 rings (SSSR count). The molecule has 13 heteroatoms. The fraction of sp³-hybridized carbons (Fsp3) is 0.476. The Balaban J connectivity index is 1.29. The summed E-state index contributed by atoms with van der Waals surface area (Å²) in [6.07, 6.45) is -9.94. The molecule has 2 amide bonds. The number of hydrogen-bond donors (Lipinski definition) is 1. The van der Waals surface area contributed by atoms with E-state index in [2.05, 4.69) is 37.1 Å². The molecule has 1 N–H and O–H groups in total. The molecule has 186 valence electrons. The minimum atomic E-state index is -4.97. The monoisotopic (exact) mass is 570 g/mol. The van der Waals surface area contributed by atoms with Crippen molar-refractivity contribution in [3.8, 4) is 0 Å². The third-order valence-electron chi connectivity index (χ3n) is 5.91. The second kappa shape index (κ2) is 9.67. The second-order valence-electron chi connectivity index (χ2n) is 8.33. The van der Waals surface area contributed by atoms with Crippen LogP contribution in [0.25, 0.3) is 0 Å². The van der Waals surface area contributed by atoms with Gasteiger partial charge < -0.3 is 10.2 Å². The van der Waals surface area contributed by atoms with Crippen molar-refractivity contribution in [1.29, 1.82) is 0 Å². The molecular weight excluding hydrogens is 550 g/mol. The lowest BCUT2D eigenvalue weighted by atomic mass is 10.1. The summed E-state index contributed by atoms with van der Waals surface area (Å²) in [5.74, 6) is 0. The van der Waals surface area contributed by atoms with Gasteiger partial charge in [0.15, 0.2) is 0 Å². The van der Waals surface area contributed by atoms with Crippen molar-refractivity contribution in [2.24, 2.45) is 0 Å². The largest absolute Gasteiger partial charge is 0.416 e. The highest BCUT2D eigenvalue weighted by molar-refractivity contribution is 9.10. The Kier molecular flexibility index (Phi) is 7.19. The van der Waals surface area contributed by atoms with Gasteiger partial charge in [-0.15, -0.1) is 11.3 Å². The molecule has 3 heterocycles. The fourth-order valence-electron chi connectivity index (χ4n) is 4.03. The van der Waals surface area contributed by atoms with Gasteiger partial charge in [-0.1, -0.05) is 0 Å². The molecule has 2 fully saturated rings. The van der Waals surface area contributed by atoms with Crippen LogP contribution in [0.2, 0.25) is 0 Å². The highest BCUT2D eigenvalue weighted by atomic mass is 79.9. The highest BCUT2D eigenvalue weighted by Crippen LogP contribution is 2.37. The lowest BCUT2D eigenvalue weighted by Crippen LogP contribution is -2.64. The van der Waals surface area contributed by atoms with Gasteiger partial charge in [0.1, 0.15) is 0 Å². The topological polar surface area (TPSA) is 38.8 Å². The van der Waals surface area contributed by atoms with Gasteiger partial charge >= 0.3 is 18.4 Å². The van der Waals surface area contributed by atoms with E-state index < -0.39 is 35.2 Å². The number of urea groups is 1. The third kappa shape index (κ3) is 6.04. The van der Waals surface area contributed by atoms with Crippen LogP contribution in [0.15, 0.2) is 34.1 Å². The number of benzene rings is 1. The lowest BCUT2D eigenvalue weighted by Gasteiger charge is -2.48. The highest BCUT2D eigenvalue weighted by Gasteiger charge is 2.39. The summed E-state index contributed by atoms with van der Waals surface area (Å²) >= 11 is 5.15. The Morgan fingerprint density at radius 3 is 2.06 bits per heavy atom. The number of likely N-dealkylation sites (tertiary alicyclic amines) is 1. The number of carbonyl (C=O) groups is 1. The molecule has 0 atom stereocenters. The molecule has 2 aromatic rings. The first-order valence-corrected chi connectivity index (χ1v) is 12.1. The van der Waals surface area contributed by atoms with Crippen LogP contribution in [0.4, 0.5) is 36.8 Å². The van der Waals surface area contributed by atoms with E-state index in [-0.39, 0.29) is 12.1 Å². The number of halogens is 7. The number of nitrogens with one attached hydrogen (secondary N) is 1. The van der Waals surface area contributed by atoms with E-state index in [4.69, 9.17) is 0 Å². The van der Waals surface area contributed by atoms with Crippen molar-refractivity contribution < 1.29 is 31.1 Å². The first-order valence-electron chi connectivity index (χ1n) is 10.4. The zero-order valence-electron chi connectivity index (χ0n) is 17.7. The summed E-state index contributed by atoms with van der Waals surface area (Å²) in [5.41, 5.74) is -3.47. The van der Waals surface area contributed by atoms with Crippen molar-refractivity contribution in [3.63, 3.8) is 0 Å². The zero-order chi connectivity index (χ0) is 24.7. The molecule has 0 radical (unpaired) electrons. The summed E-state index contributed by atoms with van der Waals surface area (Å²) in [6, 6.07) is 2.56. The fourth-order valence-corrected chi connectivity index (χ4v) is 5.52. The van der Waals surface area contributed by atoms with Gasteiger partial charge in [-0.3, -0.25) is 9.80 Å². The smallest absolute Gasteiger partial charge is 0.321 e. The molecule has 0 aliphatic carbocycles. The molecular formula is C21H21BrF6N4OS. The molecule has 2 saturated heterocycles. The van der Waals surface area contributed by atoms with Crippen LogP contribution >= 0.6 is 27.3 Å². The molecule has 1 aromatic carbocycles. The Morgan fingerprint density at radius 1 is 0.971 bits per heavy atom. The van der Waals surface area contributed by atoms with E-state index in [9.17, 15) is 31.1 Å². The van der Waals surface area contributed by atoms with Crippen LogP contribution in [0.1, 0.15) is 16.0 Å². The van der Waals surface area contributed by atoms with Gasteiger partial charge in [0.2, 0.25) is 0 Å². The quantitative estimate of drug-likeness (QED) is 0.488. The second-order valence-corrected chi connectivity index (χ2v) is 10.2. The molecule has 0 spiro atoms. The van der Waals surface area contributed by atoms with Crippen LogP contribution < -0.4 is 5.32 Å². The van der Waals surface area contributed by atoms with E-state index in [1.165, 1.54) is 9.78 Å². The van der Waals surface area contributed by atoms with Gasteiger partial charge in [-0.25, -0.2) is 4.79 Å². The summed E-state index contributed by atoms with van der Waals surface area (Å²) < 4.78 is 79.2. The van der Waals surface area contributed by atoms with Crippen molar-refractivity contribution in [2.45, 2.75) is 24.9 Å². The number of piperazine rings is 1. The number of anilines is 1. The summed E-state index contributed by atoms with van der Waals surface area (Å²) in [7, 11) is 0. The Bertz CT molecular complexity index is 997. The summed E-state index contributed by atoms with van der Waals surface area (Å²) in [4.78, 5) is 19.7. The van der Waals surface area contributed by atoms with Crippen LogP contribution in [0, 0.1) is 0 Å². The lowest BCUT2D eigenvalue weighted by molar-refractivity contribution is -0.143. The number of hydrogen-bond acceptors (Lipinski definition) is 4. The van der Waals surface area contributed by atoms with Gasteiger partial charge in [-0.05, 0) is 40.2 Å². The summed E-state index contributed by atoms with van der Waals surface area (Å²) in [5, 5.41) is 4.23. The van der Waals surface area contributed by atoms with Crippen LogP contribution in [0.5, 0.6) is 0 Å². The number of nitrogens with zero attached hydrogens (tertiary/aromatic N) is 3. The average Bonchev–Trinajstić information content (AvgIpc) is 3.11. The maximum Gasteiger partial charge on any atom is 0.416 e. The molecule has 0 unspecified atom stereocenters. The molecule has 2 aliphatic rings. The Hall–Kier alpha value is -1.83. The SMILES string of the molecule is O=C(Nc1cc(C(F)(F)F)cc(C(F)(F)F)c1)N1CC(N2CCN(Cc3cc(Br)cs3)CC2)C1. The van der Waals surface area contributed by atoms with Gasteiger partial charge in [0.25, 0.3) is 0 Å². The maximum absolute atomic E-state index is 13.0. The minimum absolute atomic E-state index is 0.0340. The van der Waals surface area contributed by atoms with Crippen molar-refractivity contribution in [1.82, 2.24) is 14.7 Å². The van der Waals surface area contributed by atoms with Crippen molar-refractivity contribution in [3.05, 3.63) is 50.1 Å². The molecule has 1 aromatic heterocycles. The van der Waals surface area contributed by atoms with E-state index >= 15 is 0 Å². The molecule has 5 nitrogen and oxygen atoms in total. The van der Waals surface area contributed by atoms with Gasteiger partial charge in [0, 0.05) is 72.3 Å². The number of amides is 2. The van der Waals surface area contributed by atoms with Gasteiger partial charge in [-0.2, -0.15) is 26.3 Å². The zero-order valence-corrected chi connectivity index (χ0v) is 20.1. The third-order valence-corrected chi connectivity index (χ3v) is 7.60. The molecule has 2 aliphatic heterocycles. The normalized spacial score (nSPS) is 18.7. The summed E-state index contributed by atoms with van der Waals surface area (Å²) in [6.45, 7) is 5.03. The Labute approximate surface area is 204 Å². The van der Waals surface area contributed by atoms with Crippen LogP contribution in [-0.4, -0.2) is 66.0 Å². The van der Waals surface area contributed by atoms with Crippen molar-refractivity contribution in [2.75, 3.05) is 44.6 Å². The number of alkyl halides is 6. The van der Waals surface area contributed by atoms with Crippen molar-refractivity contribution >= 4 is 39.0 Å². The first-order chi connectivity index (χ1) is 15.9. The number of rotatable bonds is 4. The average molecular weight is 571 g/mol. The molecule has 34 heavy (non-hydrogen) atoms. The maximum atomic E-state index is 13.0. The van der Waals surface area contributed by atoms with Crippen LogP contribution in [-0.2, 0) is 18.9 Å².